The van der Waals surface area contributed by atoms with Gasteiger partial charge in [0, 0.05) is 12.3 Å². The molecule has 5 nitrogen and oxygen atoms in total. The van der Waals surface area contributed by atoms with Crippen LogP contribution in [0.1, 0.15) is 18.1 Å². The molecule has 108 valence electrons. The van der Waals surface area contributed by atoms with E-state index in [2.05, 4.69) is 5.32 Å². The van der Waals surface area contributed by atoms with E-state index in [1.165, 1.54) is 16.7 Å². The number of nitrogens with zero attached hydrogens (tertiary/aromatic N) is 1. The molecule has 2 amide bonds. The third-order valence-electron chi connectivity index (χ3n) is 3.43. The molecule has 1 aliphatic rings. The second-order valence-electron chi connectivity index (χ2n) is 4.78. The molecule has 0 radical (unpaired) electrons. The van der Waals surface area contributed by atoms with Crippen LogP contribution in [0.3, 0.4) is 0 Å². The van der Waals surface area contributed by atoms with Gasteiger partial charge in [0.15, 0.2) is 0 Å². The number of hydrogen-bond acceptors (Lipinski definition) is 3. The average Bonchev–Trinajstić information content (AvgIpc) is 2.79. The summed E-state index contributed by atoms with van der Waals surface area (Å²) >= 11 is 1.48. The number of urea groups is 1. The Morgan fingerprint density at radius 2 is 2.15 bits per heavy atom. The van der Waals surface area contributed by atoms with Crippen LogP contribution < -0.4 is 5.32 Å². The maximum atomic E-state index is 12.2. The van der Waals surface area contributed by atoms with Gasteiger partial charge in [-0.05, 0) is 25.0 Å². The van der Waals surface area contributed by atoms with E-state index in [1.807, 2.05) is 38.1 Å². The third-order valence-corrected chi connectivity index (χ3v) is 4.65. The topological polar surface area (TPSA) is 69.6 Å². The number of aryl methyl sites for hydroxylation is 1. The monoisotopic (exact) mass is 294 g/mol. The Kier molecular flexibility index (Phi) is 4.54. The predicted molar refractivity (Wildman–Crippen MR) is 78.6 cm³/mol. The maximum Gasteiger partial charge on any atom is 0.327 e. The van der Waals surface area contributed by atoms with Crippen molar-refractivity contribution in [3.05, 3.63) is 35.4 Å². The fraction of sp³-hybridized carbons (Fsp3) is 0.429. The maximum absolute atomic E-state index is 12.2. The van der Waals surface area contributed by atoms with Crippen molar-refractivity contribution in [1.29, 1.82) is 0 Å². The molecule has 2 rings (SSSR count). The smallest absolute Gasteiger partial charge is 0.327 e. The summed E-state index contributed by atoms with van der Waals surface area (Å²) in [6.45, 7) is 4.24. The molecule has 0 spiro atoms. The highest BCUT2D eigenvalue weighted by molar-refractivity contribution is 8.00. The molecule has 1 aromatic rings. The van der Waals surface area contributed by atoms with Crippen molar-refractivity contribution in [2.24, 2.45) is 0 Å². The number of thioether (sulfide) groups is 1. The van der Waals surface area contributed by atoms with Gasteiger partial charge in [0.1, 0.15) is 6.04 Å². The highest BCUT2D eigenvalue weighted by Crippen LogP contribution is 2.28. The van der Waals surface area contributed by atoms with E-state index >= 15 is 0 Å². The van der Waals surface area contributed by atoms with Crippen LogP contribution in [0.15, 0.2) is 24.3 Å². The van der Waals surface area contributed by atoms with Gasteiger partial charge in [-0.1, -0.05) is 24.3 Å². The number of rotatable bonds is 3. The highest BCUT2D eigenvalue weighted by atomic mass is 32.2. The molecule has 1 saturated heterocycles. The van der Waals surface area contributed by atoms with Gasteiger partial charge < -0.3 is 10.4 Å². The van der Waals surface area contributed by atoms with Gasteiger partial charge in [-0.25, -0.2) is 9.59 Å². The molecule has 1 aliphatic heterocycles. The SMILES string of the molecule is Cc1ccccc1CNC(=O)N1C(C)SCC1C(=O)O. The first-order valence-corrected chi connectivity index (χ1v) is 7.50. The summed E-state index contributed by atoms with van der Waals surface area (Å²) in [7, 11) is 0. The fourth-order valence-corrected chi connectivity index (χ4v) is 3.38. The lowest BCUT2D eigenvalue weighted by Crippen LogP contribution is -2.49. The Morgan fingerprint density at radius 1 is 1.45 bits per heavy atom. The van der Waals surface area contributed by atoms with Crippen LogP contribution in [0.25, 0.3) is 0 Å². The number of amides is 2. The lowest BCUT2D eigenvalue weighted by atomic mass is 10.1. The minimum Gasteiger partial charge on any atom is -0.480 e. The number of carboxylic acids is 1. The first-order valence-electron chi connectivity index (χ1n) is 6.45. The number of hydrogen-bond donors (Lipinski definition) is 2. The minimum atomic E-state index is -0.951. The summed E-state index contributed by atoms with van der Waals surface area (Å²) in [4.78, 5) is 24.8. The molecule has 6 heteroatoms. The fourth-order valence-electron chi connectivity index (χ4n) is 2.21. The minimum absolute atomic E-state index is 0.118. The molecule has 2 N–H and O–H groups in total. The van der Waals surface area contributed by atoms with Crippen LogP contribution in [-0.2, 0) is 11.3 Å². The normalized spacial score (nSPS) is 21.8. The van der Waals surface area contributed by atoms with E-state index in [1.54, 1.807) is 0 Å². The highest BCUT2D eigenvalue weighted by Gasteiger charge is 2.39. The van der Waals surface area contributed by atoms with Crippen LogP contribution in [-0.4, -0.2) is 39.2 Å². The van der Waals surface area contributed by atoms with Crippen molar-refractivity contribution in [3.8, 4) is 0 Å². The van der Waals surface area contributed by atoms with E-state index in [-0.39, 0.29) is 11.4 Å². The van der Waals surface area contributed by atoms with Gasteiger partial charge in [0.05, 0.1) is 5.37 Å². The number of nitrogens with one attached hydrogen (secondary N) is 1. The molecule has 1 fully saturated rings. The zero-order chi connectivity index (χ0) is 14.7. The van der Waals surface area contributed by atoms with Gasteiger partial charge in [-0.3, -0.25) is 4.90 Å². The molecule has 1 heterocycles. The van der Waals surface area contributed by atoms with E-state index in [9.17, 15) is 9.59 Å². The lowest BCUT2D eigenvalue weighted by Gasteiger charge is -2.25. The predicted octanol–water partition coefficient (Wildman–Crippen LogP) is 2.05. The van der Waals surface area contributed by atoms with Crippen LogP contribution in [0, 0.1) is 6.92 Å². The number of aliphatic carboxylic acids is 1. The van der Waals surface area contributed by atoms with Crippen molar-refractivity contribution in [2.75, 3.05) is 5.75 Å². The molecule has 0 saturated carbocycles. The Morgan fingerprint density at radius 3 is 2.80 bits per heavy atom. The summed E-state index contributed by atoms with van der Waals surface area (Å²) in [5.41, 5.74) is 2.14. The number of benzene rings is 1. The average molecular weight is 294 g/mol. The van der Waals surface area contributed by atoms with Gasteiger partial charge >= 0.3 is 12.0 Å². The van der Waals surface area contributed by atoms with Crippen molar-refractivity contribution in [2.45, 2.75) is 31.8 Å². The number of carboxylic acid groups (broad SMARTS) is 1. The quantitative estimate of drug-likeness (QED) is 0.895. The van der Waals surface area contributed by atoms with Gasteiger partial charge in [0.25, 0.3) is 0 Å². The van der Waals surface area contributed by atoms with E-state index in [0.717, 1.165) is 11.1 Å². The first-order chi connectivity index (χ1) is 9.50. The second-order valence-corrected chi connectivity index (χ2v) is 6.13. The molecular formula is C14H18N2O3S. The molecule has 0 aromatic heterocycles. The van der Waals surface area contributed by atoms with E-state index in [0.29, 0.717) is 12.3 Å². The standard InChI is InChI=1S/C14H18N2O3S/c1-9-5-3-4-6-11(9)7-15-14(19)16-10(2)20-8-12(16)13(17)18/h3-6,10,12H,7-8H2,1-2H3,(H,15,19)(H,17,18). The van der Waals surface area contributed by atoms with E-state index < -0.39 is 12.0 Å². The summed E-state index contributed by atoms with van der Waals surface area (Å²) in [5.74, 6) is -0.512. The largest absolute Gasteiger partial charge is 0.480 e. The summed E-state index contributed by atoms with van der Waals surface area (Å²) < 4.78 is 0. The number of carbonyl (C=O) groups excluding carboxylic acids is 1. The zero-order valence-electron chi connectivity index (χ0n) is 11.5. The van der Waals surface area contributed by atoms with Gasteiger partial charge in [0.2, 0.25) is 0 Å². The summed E-state index contributed by atoms with van der Waals surface area (Å²) in [6, 6.07) is 6.73. The van der Waals surface area contributed by atoms with E-state index in [4.69, 9.17) is 5.11 Å². The molecule has 0 aliphatic carbocycles. The van der Waals surface area contributed by atoms with Crippen LogP contribution in [0.2, 0.25) is 0 Å². The number of carbonyl (C=O) groups is 2. The van der Waals surface area contributed by atoms with Crippen LogP contribution in [0.4, 0.5) is 4.79 Å². The lowest BCUT2D eigenvalue weighted by molar-refractivity contribution is -0.141. The summed E-state index contributed by atoms with van der Waals surface area (Å²) in [5, 5.41) is 11.8. The van der Waals surface area contributed by atoms with Gasteiger partial charge in [-0.2, -0.15) is 0 Å². The van der Waals surface area contributed by atoms with Crippen LogP contribution >= 0.6 is 11.8 Å². The molecule has 20 heavy (non-hydrogen) atoms. The molecule has 2 atom stereocenters. The Labute approximate surface area is 122 Å². The molecule has 0 bridgehead atoms. The molecule has 2 unspecified atom stereocenters. The van der Waals surface area contributed by atoms with Crippen molar-refractivity contribution < 1.29 is 14.7 Å². The van der Waals surface area contributed by atoms with Crippen LogP contribution in [0.5, 0.6) is 0 Å². The second kappa shape index (κ2) is 6.17. The molecule has 1 aromatic carbocycles. The third kappa shape index (κ3) is 3.07. The van der Waals surface area contributed by atoms with Crippen molar-refractivity contribution in [3.63, 3.8) is 0 Å². The summed E-state index contributed by atoms with van der Waals surface area (Å²) in [6.07, 6.45) is 0. The Balaban J connectivity index is 2.01. The first kappa shape index (κ1) is 14.7. The Hall–Kier alpha value is -1.69. The van der Waals surface area contributed by atoms with Crippen molar-refractivity contribution >= 4 is 23.8 Å². The Bertz CT molecular complexity index is 521. The molecular weight excluding hydrogens is 276 g/mol. The van der Waals surface area contributed by atoms with Crippen molar-refractivity contribution in [1.82, 2.24) is 10.2 Å². The van der Waals surface area contributed by atoms with Gasteiger partial charge in [-0.15, -0.1) is 11.8 Å². The zero-order valence-corrected chi connectivity index (χ0v) is 12.3.